The minimum Gasteiger partial charge on any atom is -0.478 e. The highest BCUT2D eigenvalue weighted by atomic mass is 35.5. The van der Waals surface area contributed by atoms with Crippen molar-refractivity contribution in [3.63, 3.8) is 0 Å². The van der Waals surface area contributed by atoms with Gasteiger partial charge in [0.15, 0.2) is 0 Å². The number of nitrogens with zero attached hydrogens (tertiary/aromatic N) is 3. The van der Waals surface area contributed by atoms with Crippen LogP contribution in [0.2, 0.25) is 10.0 Å². The number of ether oxygens (including phenoxy) is 1. The number of carbonyl (C=O) groups is 2. The third-order valence-electron chi connectivity index (χ3n) is 9.37. The number of nitrogens with one attached hydrogen (secondary N) is 1. The maximum absolute atomic E-state index is 16.2. The van der Waals surface area contributed by atoms with Crippen LogP contribution in [-0.2, 0) is 10.3 Å². The van der Waals surface area contributed by atoms with E-state index in [1.54, 1.807) is 35.0 Å². The van der Waals surface area contributed by atoms with Gasteiger partial charge in [-0.15, -0.1) is 0 Å². The van der Waals surface area contributed by atoms with Crippen molar-refractivity contribution in [2.75, 3.05) is 11.9 Å². The molecule has 2 fully saturated rings. The highest BCUT2D eigenvalue weighted by molar-refractivity contribution is 6.31. The average molecular weight is 607 g/mol. The molecule has 11 heteroatoms. The third-order valence-corrected chi connectivity index (χ3v) is 9.90. The number of likely N-dealkylation sites (tertiary alicyclic amines) is 1. The number of carboxylic acids is 1. The Bertz CT molecular complexity index is 1840. The molecule has 1 saturated heterocycles. The summed E-state index contributed by atoms with van der Waals surface area (Å²) in [6.07, 6.45) is 1.67. The van der Waals surface area contributed by atoms with Crippen LogP contribution in [0.5, 0.6) is 5.88 Å². The predicted octanol–water partition coefficient (Wildman–Crippen LogP) is 6.23. The van der Waals surface area contributed by atoms with Crippen LogP contribution in [-0.4, -0.2) is 50.4 Å². The number of rotatable bonds is 4. The van der Waals surface area contributed by atoms with Gasteiger partial charge in [0.05, 0.1) is 33.6 Å². The van der Waals surface area contributed by atoms with Crippen molar-refractivity contribution in [3.8, 4) is 5.88 Å². The van der Waals surface area contributed by atoms with E-state index in [1.165, 1.54) is 18.2 Å². The van der Waals surface area contributed by atoms with Crippen LogP contribution in [0.15, 0.2) is 54.6 Å². The maximum atomic E-state index is 16.2. The van der Waals surface area contributed by atoms with Crippen LogP contribution in [0, 0.1) is 11.7 Å². The van der Waals surface area contributed by atoms with Crippen molar-refractivity contribution in [3.05, 3.63) is 87.2 Å². The van der Waals surface area contributed by atoms with Gasteiger partial charge in [0, 0.05) is 28.7 Å². The second-order valence-electron chi connectivity index (χ2n) is 11.7. The number of hydrogen-bond acceptors (Lipinski definition) is 5. The summed E-state index contributed by atoms with van der Waals surface area (Å²) in [6.45, 7) is 2.58. The molecule has 1 amide bonds. The molecule has 3 aliphatic heterocycles. The minimum absolute atomic E-state index is 0.0355. The number of anilines is 1. The number of carboxylic acid groups (broad SMARTS) is 1. The Labute approximate surface area is 250 Å². The van der Waals surface area contributed by atoms with Crippen molar-refractivity contribution in [2.24, 2.45) is 5.92 Å². The van der Waals surface area contributed by atoms with Gasteiger partial charge in [-0.3, -0.25) is 9.69 Å². The van der Waals surface area contributed by atoms with E-state index in [0.717, 1.165) is 18.4 Å². The second-order valence-corrected chi connectivity index (χ2v) is 12.6. The van der Waals surface area contributed by atoms with E-state index in [-0.39, 0.29) is 22.5 Å². The summed E-state index contributed by atoms with van der Waals surface area (Å²) in [7, 11) is 0. The molecule has 1 aromatic heterocycles. The summed E-state index contributed by atoms with van der Waals surface area (Å²) in [5, 5.41) is 18.6. The van der Waals surface area contributed by atoms with Gasteiger partial charge < -0.3 is 15.2 Å². The number of halogens is 3. The van der Waals surface area contributed by atoms with Crippen molar-refractivity contribution in [1.82, 2.24) is 14.7 Å². The van der Waals surface area contributed by atoms with Crippen LogP contribution < -0.4 is 10.1 Å². The minimum atomic E-state index is -1.31. The number of benzene rings is 3. The Kier molecular flexibility index (Phi) is 5.52. The normalized spacial score (nSPS) is 28.0. The molecule has 214 valence electrons. The zero-order valence-corrected chi connectivity index (χ0v) is 23.9. The molecule has 1 aliphatic carbocycles. The largest absolute Gasteiger partial charge is 0.478 e. The SMILES string of the molecule is C[C@H]1Oc2c3ccc(C(=O)O)cc3nn2[C@@H]2[C@H]1N(CC1CC1)[C@@]1(C(=O)Nc3cc(Cl)ccc31)[C@H]2c1cccc(Cl)c1F. The van der Waals surface area contributed by atoms with E-state index in [9.17, 15) is 14.7 Å². The molecule has 8 rings (SSSR count). The molecular weight excluding hydrogens is 582 g/mol. The Balaban J connectivity index is 1.45. The smallest absolute Gasteiger partial charge is 0.335 e. The summed E-state index contributed by atoms with van der Waals surface area (Å²) < 4.78 is 24.5. The first-order valence-electron chi connectivity index (χ1n) is 13.9. The predicted molar refractivity (Wildman–Crippen MR) is 155 cm³/mol. The van der Waals surface area contributed by atoms with Gasteiger partial charge in [0.2, 0.25) is 11.8 Å². The van der Waals surface area contributed by atoms with Gasteiger partial charge >= 0.3 is 5.97 Å². The fraction of sp³-hybridized carbons (Fsp3) is 0.323. The van der Waals surface area contributed by atoms with E-state index in [4.69, 9.17) is 33.0 Å². The van der Waals surface area contributed by atoms with E-state index in [1.807, 2.05) is 13.0 Å². The molecule has 4 aromatic rings. The highest BCUT2D eigenvalue weighted by Gasteiger charge is 2.70. The fourth-order valence-corrected chi connectivity index (χ4v) is 7.89. The van der Waals surface area contributed by atoms with Crippen molar-refractivity contribution in [2.45, 2.75) is 49.4 Å². The molecule has 8 nitrogen and oxygen atoms in total. The summed E-state index contributed by atoms with van der Waals surface area (Å²) in [5.74, 6) is -1.84. The van der Waals surface area contributed by atoms with Crippen molar-refractivity contribution >= 4 is 51.7 Å². The van der Waals surface area contributed by atoms with Crippen LogP contribution in [0.1, 0.15) is 53.2 Å². The second kappa shape index (κ2) is 8.92. The molecule has 4 heterocycles. The number of aromatic nitrogens is 2. The number of amides is 1. The van der Waals surface area contributed by atoms with E-state index >= 15 is 4.39 Å². The van der Waals surface area contributed by atoms with Crippen molar-refractivity contribution in [1.29, 1.82) is 0 Å². The van der Waals surface area contributed by atoms with E-state index in [2.05, 4.69) is 10.2 Å². The lowest BCUT2D eigenvalue weighted by atomic mass is 9.73. The standard InChI is InChI=1S/C31H25Cl2FN4O4/c1-14-26-27(38-28(42-14)18-9-7-16(29(39)40)11-22(18)36-38)24(19-3-2-4-21(33)25(19)34)31(37(26)13-15-5-6-15)20-10-8-17(32)12-23(20)35-30(31)41/h2-4,7-12,14-15,24,26-27H,5-6,13H2,1H3,(H,35,41)(H,39,40)/t14-,24+,26+,27+,31-/m1/s1. The van der Waals surface area contributed by atoms with Crippen molar-refractivity contribution < 1.29 is 23.8 Å². The lowest BCUT2D eigenvalue weighted by Crippen LogP contribution is -2.56. The molecule has 1 spiro atoms. The van der Waals surface area contributed by atoms with Crippen LogP contribution in [0.3, 0.4) is 0 Å². The summed E-state index contributed by atoms with van der Waals surface area (Å²) >= 11 is 12.8. The number of carbonyl (C=O) groups excluding carboxylic acids is 1. The maximum Gasteiger partial charge on any atom is 0.335 e. The monoisotopic (exact) mass is 606 g/mol. The molecule has 0 unspecified atom stereocenters. The molecule has 2 N–H and O–H groups in total. The van der Waals surface area contributed by atoms with Crippen LogP contribution >= 0.6 is 23.2 Å². The highest BCUT2D eigenvalue weighted by Crippen LogP contribution is 2.64. The summed E-state index contributed by atoms with van der Waals surface area (Å²) in [4.78, 5) is 28.5. The number of hydrogen-bond donors (Lipinski definition) is 2. The molecule has 42 heavy (non-hydrogen) atoms. The first-order valence-corrected chi connectivity index (χ1v) is 14.7. The first kappa shape index (κ1) is 26.0. The van der Waals surface area contributed by atoms with Gasteiger partial charge in [-0.2, -0.15) is 5.10 Å². The first-order chi connectivity index (χ1) is 20.2. The molecule has 1 saturated carbocycles. The zero-order chi connectivity index (χ0) is 29.1. The lowest BCUT2D eigenvalue weighted by molar-refractivity contribution is -0.128. The molecule has 0 bridgehead atoms. The Morgan fingerprint density at radius 3 is 2.74 bits per heavy atom. The Morgan fingerprint density at radius 2 is 1.98 bits per heavy atom. The van der Waals surface area contributed by atoms with Crippen LogP contribution in [0.25, 0.3) is 10.9 Å². The summed E-state index contributed by atoms with van der Waals surface area (Å²) in [5.41, 5.74) is 0.840. The third kappa shape index (κ3) is 3.41. The number of fused-ring (bicyclic) bond motifs is 7. The molecule has 0 radical (unpaired) electrons. The summed E-state index contributed by atoms with van der Waals surface area (Å²) in [6, 6.07) is 14.0. The van der Waals surface area contributed by atoms with Gasteiger partial charge in [0.25, 0.3) is 0 Å². The average Bonchev–Trinajstić information content (AvgIpc) is 3.54. The topological polar surface area (TPSA) is 96.7 Å². The van der Waals surface area contributed by atoms with E-state index in [0.29, 0.717) is 45.5 Å². The molecule has 3 aromatic carbocycles. The van der Waals surface area contributed by atoms with E-state index < -0.39 is 35.4 Å². The zero-order valence-electron chi connectivity index (χ0n) is 22.4. The lowest BCUT2D eigenvalue weighted by Gasteiger charge is -2.41. The molecule has 5 atom stereocenters. The van der Waals surface area contributed by atoms with Crippen LogP contribution in [0.4, 0.5) is 10.1 Å². The van der Waals surface area contributed by atoms with Gasteiger partial charge in [-0.05, 0) is 67.6 Å². The Morgan fingerprint density at radius 1 is 1.17 bits per heavy atom. The molecule has 4 aliphatic rings. The van der Waals surface area contributed by atoms with Gasteiger partial charge in [-0.1, -0.05) is 41.4 Å². The molecular formula is C31H25Cl2FN4O4. The van der Waals surface area contributed by atoms with Gasteiger partial charge in [-0.25, -0.2) is 13.9 Å². The quantitative estimate of drug-likeness (QED) is 0.286. The Hall–Kier alpha value is -3.66. The number of aromatic carboxylic acids is 1. The van der Waals surface area contributed by atoms with Gasteiger partial charge in [0.1, 0.15) is 17.5 Å². The fourth-order valence-electron chi connectivity index (χ4n) is 7.54.